The maximum absolute atomic E-state index is 12.1. The molecule has 7 nitrogen and oxygen atoms in total. The topological polar surface area (TPSA) is 84.9 Å². The Kier molecular flexibility index (Phi) is 4.92. The molecule has 1 aromatic rings. The second kappa shape index (κ2) is 6.50. The van der Waals surface area contributed by atoms with E-state index in [1.807, 2.05) is 0 Å². The molecule has 1 aliphatic rings. The van der Waals surface area contributed by atoms with Crippen LogP contribution in [0.4, 0.5) is 4.79 Å². The molecule has 2 rings (SSSR count). The summed E-state index contributed by atoms with van der Waals surface area (Å²) >= 11 is 5.91. The van der Waals surface area contributed by atoms with E-state index in [2.05, 4.69) is 4.72 Å². The number of nitrogens with zero attached hydrogens (tertiary/aromatic N) is 1. The van der Waals surface area contributed by atoms with Crippen LogP contribution in [-0.4, -0.2) is 52.8 Å². The lowest BCUT2D eigenvalue weighted by Gasteiger charge is -2.13. The van der Waals surface area contributed by atoms with E-state index in [9.17, 15) is 13.2 Å². The number of carbonyl (C=O) groups excluding carboxylic acids is 1. The highest BCUT2D eigenvalue weighted by atomic mass is 35.5. The van der Waals surface area contributed by atoms with Gasteiger partial charge in [-0.1, -0.05) is 11.6 Å². The van der Waals surface area contributed by atoms with Gasteiger partial charge >= 0.3 is 6.09 Å². The summed E-state index contributed by atoms with van der Waals surface area (Å²) in [5.41, 5.74) is 0. The zero-order valence-corrected chi connectivity index (χ0v) is 12.9. The summed E-state index contributed by atoms with van der Waals surface area (Å²) < 4.78 is 36.3. The first-order chi connectivity index (χ1) is 9.94. The molecule has 0 atom stereocenters. The van der Waals surface area contributed by atoms with E-state index >= 15 is 0 Å². The van der Waals surface area contributed by atoms with E-state index in [0.717, 1.165) is 0 Å². The van der Waals surface area contributed by atoms with Crippen molar-refractivity contribution < 1.29 is 22.7 Å². The van der Waals surface area contributed by atoms with Crippen molar-refractivity contribution >= 4 is 27.7 Å². The normalized spacial score (nSPS) is 15.1. The van der Waals surface area contributed by atoms with Gasteiger partial charge in [-0.3, -0.25) is 0 Å². The molecular formula is C12H15ClN2O5S. The molecule has 1 saturated heterocycles. The largest absolute Gasteiger partial charge is 0.495 e. The summed E-state index contributed by atoms with van der Waals surface area (Å²) in [6.07, 6.45) is -0.429. The van der Waals surface area contributed by atoms with E-state index in [4.69, 9.17) is 21.1 Å². The number of halogens is 1. The van der Waals surface area contributed by atoms with Crippen molar-refractivity contribution in [2.24, 2.45) is 0 Å². The zero-order valence-electron chi connectivity index (χ0n) is 11.3. The number of nitrogens with one attached hydrogen (secondary N) is 1. The number of cyclic esters (lactones) is 1. The Morgan fingerprint density at radius 2 is 2.24 bits per heavy atom. The molecule has 1 aliphatic heterocycles. The van der Waals surface area contributed by atoms with Crippen LogP contribution in [0, 0.1) is 0 Å². The van der Waals surface area contributed by atoms with Gasteiger partial charge in [-0.25, -0.2) is 17.9 Å². The molecule has 0 bridgehead atoms. The van der Waals surface area contributed by atoms with Crippen molar-refractivity contribution in [3.8, 4) is 5.75 Å². The van der Waals surface area contributed by atoms with Crippen LogP contribution in [0.3, 0.4) is 0 Å². The van der Waals surface area contributed by atoms with E-state index in [0.29, 0.717) is 18.9 Å². The molecule has 0 aliphatic carbocycles. The number of sulfonamides is 1. The summed E-state index contributed by atoms with van der Waals surface area (Å²) in [4.78, 5) is 12.7. The number of hydrogen-bond acceptors (Lipinski definition) is 5. The van der Waals surface area contributed by atoms with E-state index in [1.165, 1.54) is 30.2 Å². The predicted octanol–water partition coefficient (Wildman–Crippen LogP) is 1.08. The van der Waals surface area contributed by atoms with Gasteiger partial charge in [-0.2, -0.15) is 0 Å². The Balaban J connectivity index is 1.98. The molecule has 0 unspecified atom stereocenters. The molecule has 1 heterocycles. The molecule has 116 valence electrons. The van der Waals surface area contributed by atoms with Crippen molar-refractivity contribution in [3.63, 3.8) is 0 Å². The molecule has 0 saturated carbocycles. The Morgan fingerprint density at radius 3 is 2.81 bits per heavy atom. The molecule has 1 amide bonds. The summed E-state index contributed by atoms with van der Waals surface area (Å²) in [5.74, 6) is 0.399. The van der Waals surface area contributed by atoms with Crippen LogP contribution in [0.15, 0.2) is 23.1 Å². The minimum absolute atomic E-state index is 0.0392. The van der Waals surface area contributed by atoms with Gasteiger partial charge in [0.25, 0.3) is 0 Å². The van der Waals surface area contributed by atoms with Gasteiger partial charge in [-0.05, 0) is 18.2 Å². The quantitative estimate of drug-likeness (QED) is 0.841. The van der Waals surface area contributed by atoms with Gasteiger partial charge < -0.3 is 14.4 Å². The van der Waals surface area contributed by atoms with Gasteiger partial charge in [0, 0.05) is 13.1 Å². The van der Waals surface area contributed by atoms with Crippen LogP contribution in [0.2, 0.25) is 5.02 Å². The van der Waals surface area contributed by atoms with Gasteiger partial charge in [-0.15, -0.1) is 0 Å². The fourth-order valence-electron chi connectivity index (χ4n) is 1.84. The van der Waals surface area contributed by atoms with Crippen molar-refractivity contribution in [2.45, 2.75) is 4.90 Å². The fourth-order valence-corrected chi connectivity index (χ4v) is 3.21. The number of methoxy groups -OCH3 is 1. The smallest absolute Gasteiger partial charge is 0.409 e. The molecule has 0 aromatic heterocycles. The average Bonchev–Trinajstić information content (AvgIpc) is 2.84. The van der Waals surface area contributed by atoms with E-state index in [-0.39, 0.29) is 23.0 Å². The zero-order chi connectivity index (χ0) is 15.5. The highest BCUT2D eigenvalue weighted by molar-refractivity contribution is 7.89. The minimum atomic E-state index is -3.69. The summed E-state index contributed by atoms with van der Waals surface area (Å²) in [6.45, 7) is 1.15. The molecule has 0 spiro atoms. The van der Waals surface area contributed by atoms with Crippen LogP contribution in [-0.2, 0) is 14.8 Å². The van der Waals surface area contributed by atoms with Gasteiger partial charge in [0.1, 0.15) is 12.4 Å². The van der Waals surface area contributed by atoms with Gasteiger partial charge in [0.2, 0.25) is 10.0 Å². The Morgan fingerprint density at radius 1 is 1.48 bits per heavy atom. The predicted molar refractivity (Wildman–Crippen MR) is 76.1 cm³/mol. The third kappa shape index (κ3) is 3.78. The standard InChI is InChI=1S/C12H15ClN2O5S/c1-19-11-3-2-9(8-10(11)13)21(17,18)14-4-5-15-6-7-20-12(15)16/h2-3,8,14H,4-7H2,1H3. The maximum Gasteiger partial charge on any atom is 0.409 e. The second-order valence-corrected chi connectivity index (χ2v) is 6.47. The molecule has 21 heavy (non-hydrogen) atoms. The van der Waals surface area contributed by atoms with Crippen LogP contribution < -0.4 is 9.46 Å². The number of ether oxygens (including phenoxy) is 2. The van der Waals surface area contributed by atoms with E-state index < -0.39 is 16.1 Å². The number of hydrogen-bond donors (Lipinski definition) is 1. The van der Waals surface area contributed by atoms with Crippen molar-refractivity contribution in [3.05, 3.63) is 23.2 Å². The van der Waals surface area contributed by atoms with Crippen LogP contribution in [0.25, 0.3) is 0 Å². The highest BCUT2D eigenvalue weighted by Gasteiger charge is 2.22. The molecular weight excluding hydrogens is 320 g/mol. The van der Waals surface area contributed by atoms with Crippen LogP contribution in [0.5, 0.6) is 5.75 Å². The Hall–Kier alpha value is -1.51. The number of benzene rings is 1. The van der Waals surface area contributed by atoms with Crippen molar-refractivity contribution in [2.75, 3.05) is 33.4 Å². The molecule has 1 fully saturated rings. The van der Waals surface area contributed by atoms with Gasteiger partial charge in [0.15, 0.2) is 0 Å². The third-order valence-electron chi connectivity index (χ3n) is 2.95. The lowest BCUT2D eigenvalue weighted by Crippen LogP contribution is -2.35. The molecule has 1 N–H and O–H groups in total. The first-order valence-electron chi connectivity index (χ1n) is 6.19. The molecule has 9 heteroatoms. The third-order valence-corrected chi connectivity index (χ3v) is 4.71. The number of amides is 1. The molecule has 1 aromatic carbocycles. The van der Waals surface area contributed by atoms with Crippen molar-refractivity contribution in [1.29, 1.82) is 0 Å². The average molecular weight is 335 g/mol. The minimum Gasteiger partial charge on any atom is -0.495 e. The van der Waals surface area contributed by atoms with E-state index in [1.54, 1.807) is 0 Å². The van der Waals surface area contributed by atoms with Crippen molar-refractivity contribution in [1.82, 2.24) is 9.62 Å². The van der Waals surface area contributed by atoms with Crippen LogP contribution >= 0.6 is 11.6 Å². The first-order valence-corrected chi connectivity index (χ1v) is 8.05. The van der Waals surface area contributed by atoms with Crippen LogP contribution in [0.1, 0.15) is 0 Å². The first kappa shape index (κ1) is 15.9. The SMILES string of the molecule is COc1ccc(S(=O)(=O)NCCN2CCOC2=O)cc1Cl. The van der Waals surface area contributed by atoms with Gasteiger partial charge in [0.05, 0.1) is 23.6 Å². The second-order valence-electron chi connectivity index (χ2n) is 4.30. The highest BCUT2D eigenvalue weighted by Crippen LogP contribution is 2.26. The summed E-state index contributed by atoms with van der Waals surface area (Å²) in [7, 11) is -2.24. The lowest BCUT2D eigenvalue weighted by atomic mass is 10.3. The number of carbonyl (C=O) groups is 1. The monoisotopic (exact) mass is 334 g/mol. The summed E-state index contributed by atoms with van der Waals surface area (Å²) in [6, 6.07) is 4.19. The molecule has 0 radical (unpaired) electrons. The maximum atomic E-state index is 12.1. The number of rotatable bonds is 6. The summed E-state index contributed by atoms with van der Waals surface area (Å²) in [5, 5.41) is 0.212. The lowest BCUT2D eigenvalue weighted by molar-refractivity contribution is 0.159. The Labute approximate surface area is 127 Å². The Bertz CT molecular complexity index is 635. The fraction of sp³-hybridized carbons (Fsp3) is 0.417.